The third kappa shape index (κ3) is 4.77. The predicted octanol–water partition coefficient (Wildman–Crippen LogP) is 5.95. The lowest BCUT2D eigenvalue weighted by Crippen LogP contribution is -2.39. The van der Waals surface area contributed by atoms with Crippen molar-refractivity contribution in [1.29, 1.82) is 0 Å². The van der Waals surface area contributed by atoms with Gasteiger partial charge in [0, 0.05) is 29.0 Å². The van der Waals surface area contributed by atoms with E-state index in [0.717, 1.165) is 43.5 Å². The second kappa shape index (κ2) is 9.76. The molecule has 1 atom stereocenters. The minimum atomic E-state index is -0.600. The van der Waals surface area contributed by atoms with Gasteiger partial charge in [0.1, 0.15) is 17.6 Å². The van der Waals surface area contributed by atoms with Gasteiger partial charge < -0.3 is 19.5 Å². The Kier molecular flexibility index (Phi) is 7.13. The summed E-state index contributed by atoms with van der Waals surface area (Å²) in [6.45, 7) is 6.09. The molecule has 0 radical (unpaired) electrons. The fourth-order valence-electron chi connectivity index (χ4n) is 5.55. The number of hydrogen-bond donors (Lipinski definition) is 1. The maximum Gasteiger partial charge on any atom is 0.337 e. The molecular weight excluding hydrogens is 498 g/mol. The van der Waals surface area contributed by atoms with Gasteiger partial charge in [-0.25, -0.2) is 4.79 Å². The number of ketones is 1. The highest BCUT2D eigenvalue weighted by atomic mass is 79.9. The first-order chi connectivity index (χ1) is 16.1. The molecule has 0 amide bonds. The number of carbonyl (C=O) groups is 2. The summed E-state index contributed by atoms with van der Waals surface area (Å²) in [5, 5.41) is 3.41. The van der Waals surface area contributed by atoms with E-state index in [9.17, 15) is 9.59 Å². The summed E-state index contributed by atoms with van der Waals surface area (Å²) in [7, 11) is 3.19. The van der Waals surface area contributed by atoms with Crippen molar-refractivity contribution in [1.82, 2.24) is 5.32 Å². The smallest absolute Gasteiger partial charge is 0.337 e. The summed E-state index contributed by atoms with van der Waals surface area (Å²) in [5.74, 6) is 0.266. The number of hydrogen-bond acceptors (Lipinski definition) is 6. The van der Waals surface area contributed by atoms with Crippen molar-refractivity contribution in [3.05, 3.63) is 44.7 Å². The molecule has 3 aliphatic rings. The van der Waals surface area contributed by atoms with E-state index >= 15 is 0 Å². The van der Waals surface area contributed by atoms with Crippen LogP contribution in [0.25, 0.3) is 0 Å². The molecule has 4 rings (SSSR count). The highest BCUT2D eigenvalue weighted by molar-refractivity contribution is 9.10. The molecule has 1 fully saturated rings. The minimum Gasteiger partial charge on any atom is -0.497 e. The van der Waals surface area contributed by atoms with Crippen LogP contribution >= 0.6 is 15.9 Å². The van der Waals surface area contributed by atoms with Gasteiger partial charge in [0.25, 0.3) is 0 Å². The van der Waals surface area contributed by atoms with Gasteiger partial charge in [0.15, 0.2) is 5.78 Å². The number of methoxy groups -OCH3 is 2. The number of benzene rings is 1. The molecule has 34 heavy (non-hydrogen) atoms. The third-order valence-electron chi connectivity index (χ3n) is 7.08. The Morgan fingerprint density at radius 3 is 2.44 bits per heavy atom. The van der Waals surface area contributed by atoms with Crippen LogP contribution in [0, 0.1) is 5.41 Å². The van der Waals surface area contributed by atoms with Crippen LogP contribution in [0.2, 0.25) is 0 Å². The van der Waals surface area contributed by atoms with Gasteiger partial charge in [-0.2, -0.15) is 0 Å². The molecular formula is C27H34BrNO5. The largest absolute Gasteiger partial charge is 0.497 e. The molecule has 0 spiro atoms. The van der Waals surface area contributed by atoms with Gasteiger partial charge in [0.05, 0.1) is 30.2 Å². The first-order valence-electron chi connectivity index (χ1n) is 12.0. The fourth-order valence-corrected chi connectivity index (χ4v) is 6.17. The average Bonchev–Trinajstić information content (AvgIpc) is 2.77. The molecule has 1 heterocycles. The van der Waals surface area contributed by atoms with Crippen LogP contribution in [0.4, 0.5) is 0 Å². The molecule has 1 saturated carbocycles. The molecule has 7 heteroatoms. The van der Waals surface area contributed by atoms with Crippen LogP contribution in [0.15, 0.2) is 39.1 Å². The maximum atomic E-state index is 13.7. The van der Waals surface area contributed by atoms with Crippen molar-refractivity contribution in [3.8, 4) is 11.5 Å². The number of esters is 1. The van der Waals surface area contributed by atoms with Crippen molar-refractivity contribution in [2.75, 3.05) is 14.2 Å². The monoisotopic (exact) mass is 531 g/mol. The zero-order valence-electron chi connectivity index (χ0n) is 20.7. The number of nitrogens with one attached hydrogen (secondary N) is 1. The molecule has 184 valence electrons. The van der Waals surface area contributed by atoms with E-state index in [1.54, 1.807) is 14.2 Å². The molecule has 0 bridgehead atoms. The van der Waals surface area contributed by atoms with Gasteiger partial charge in [-0.05, 0) is 72.5 Å². The zero-order valence-corrected chi connectivity index (χ0v) is 22.3. The number of carbonyl (C=O) groups excluding carboxylic acids is 2. The van der Waals surface area contributed by atoms with Crippen LogP contribution in [-0.4, -0.2) is 32.1 Å². The van der Waals surface area contributed by atoms with E-state index in [-0.39, 0.29) is 23.3 Å². The fraction of sp³-hybridized carbons (Fsp3) is 0.556. The van der Waals surface area contributed by atoms with Crippen LogP contribution in [0.3, 0.4) is 0 Å². The van der Waals surface area contributed by atoms with Gasteiger partial charge in [-0.1, -0.05) is 20.3 Å². The predicted molar refractivity (Wildman–Crippen MR) is 134 cm³/mol. The number of ether oxygens (including phenoxy) is 3. The minimum absolute atomic E-state index is 0.0419. The number of allylic oxidation sites excluding steroid dienone is 3. The van der Waals surface area contributed by atoms with Gasteiger partial charge in [-0.3, -0.25) is 4.79 Å². The molecule has 2 aliphatic carbocycles. The summed E-state index contributed by atoms with van der Waals surface area (Å²) in [5.41, 5.74) is 3.24. The zero-order chi connectivity index (χ0) is 24.6. The quantitative estimate of drug-likeness (QED) is 0.473. The van der Waals surface area contributed by atoms with Crippen LogP contribution < -0.4 is 14.8 Å². The highest BCUT2D eigenvalue weighted by Gasteiger charge is 2.44. The Morgan fingerprint density at radius 1 is 1.09 bits per heavy atom. The van der Waals surface area contributed by atoms with Crippen molar-refractivity contribution >= 4 is 27.7 Å². The number of Topliss-reactive ketones (excluding diaryl/α,β-unsaturated/α-hetero) is 1. The topological polar surface area (TPSA) is 73.9 Å². The first kappa shape index (κ1) is 24.8. The van der Waals surface area contributed by atoms with E-state index in [1.807, 2.05) is 19.1 Å². The average molecular weight is 532 g/mol. The number of rotatable bonds is 5. The second-order valence-corrected chi connectivity index (χ2v) is 11.2. The lowest BCUT2D eigenvalue weighted by molar-refractivity contribution is -0.146. The van der Waals surface area contributed by atoms with Crippen molar-refractivity contribution in [2.45, 2.75) is 77.7 Å². The Hall–Kier alpha value is -2.28. The lowest BCUT2D eigenvalue weighted by Gasteiger charge is -2.40. The van der Waals surface area contributed by atoms with Gasteiger partial charge in [-0.15, -0.1) is 0 Å². The SMILES string of the molecule is COc1cc(Br)c(OC)c([C@H]2C(C(=O)OC3CCCCC3)=C(C)NC3=C2C(=O)CC(C)(C)C3)c1. The molecule has 0 saturated heterocycles. The van der Waals surface area contributed by atoms with Crippen LogP contribution in [0.1, 0.15) is 77.2 Å². The molecule has 1 aliphatic heterocycles. The van der Waals surface area contributed by atoms with E-state index in [1.165, 1.54) is 6.42 Å². The summed E-state index contributed by atoms with van der Waals surface area (Å²) in [6.07, 6.45) is 6.12. The number of dihydropyridines is 1. The normalized spacial score (nSPS) is 22.8. The van der Waals surface area contributed by atoms with E-state index in [4.69, 9.17) is 14.2 Å². The second-order valence-electron chi connectivity index (χ2n) is 10.3. The maximum absolute atomic E-state index is 13.7. The van der Waals surface area contributed by atoms with Crippen LogP contribution in [0.5, 0.6) is 11.5 Å². The summed E-state index contributed by atoms with van der Waals surface area (Å²) in [4.78, 5) is 27.2. The molecule has 1 aromatic rings. The highest BCUT2D eigenvalue weighted by Crippen LogP contribution is 2.50. The third-order valence-corrected chi connectivity index (χ3v) is 7.67. The summed E-state index contributed by atoms with van der Waals surface area (Å²) in [6, 6.07) is 3.68. The molecule has 0 unspecified atom stereocenters. The molecule has 0 aromatic heterocycles. The standard InChI is InChI=1S/C27H34BrNO5/c1-15-22(26(31)34-16-9-7-6-8-10-16)23(18-11-17(32-4)12-19(28)25(18)33-5)24-20(29-15)13-27(2,3)14-21(24)30/h11-12,16,23,29H,6-10,13-14H2,1-5H3/t23-/m0/s1. The molecule has 1 aromatic carbocycles. The lowest BCUT2D eigenvalue weighted by atomic mass is 9.68. The van der Waals surface area contributed by atoms with E-state index in [2.05, 4.69) is 35.1 Å². The Labute approximate surface area is 210 Å². The Bertz CT molecular complexity index is 1070. The van der Waals surface area contributed by atoms with Crippen molar-refractivity contribution in [2.24, 2.45) is 5.41 Å². The summed E-state index contributed by atoms with van der Waals surface area (Å²) < 4.78 is 18.0. The molecule has 1 N–H and O–H groups in total. The Morgan fingerprint density at radius 2 is 1.79 bits per heavy atom. The van der Waals surface area contributed by atoms with Gasteiger partial charge in [0.2, 0.25) is 0 Å². The van der Waals surface area contributed by atoms with Crippen molar-refractivity contribution < 1.29 is 23.8 Å². The Balaban J connectivity index is 1.87. The summed E-state index contributed by atoms with van der Waals surface area (Å²) >= 11 is 3.58. The van der Waals surface area contributed by atoms with E-state index in [0.29, 0.717) is 39.1 Å². The van der Waals surface area contributed by atoms with Crippen molar-refractivity contribution in [3.63, 3.8) is 0 Å². The number of halogens is 1. The van der Waals surface area contributed by atoms with E-state index < -0.39 is 5.92 Å². The molecule has 6 nitrogen and oxygen atoms in total. The van der Waals surface area contributed by atoms with Gasteiger partial charge >= 0.3 is 5.97 Å². The first-order valence-corrected chi connectivity index (χ1v) is 12.8. The van der Waals surface area contributed by atoms with Crippen LogP contribution in [-0.2, 0) is 14.3 Å².